The molecule has 0 fully saturated rings. The fraction of sp³-hybridized carbons (Fsp3) is 0.429. The molecule has 0 aliphatic rings. The van der Waals surface area contributed by atoms with Gasteiger partial charge in [0.1, 0.15) is 0 Å². The largest absolute Gasteiger partial charge is 1.00 e. The summed E-state index contributed by atoms with van der Waals surface area (Å²) in [6, 6.07) is 0. The maximum absolute atomic E-state index is 10.7. The van der Waals surface area contributed by atoms with Gasteiger partial charge < -0.3 is 14.8 Å². The molecule has 0 radical (unpaired) electrons. The second kappa shape index (κ2) is 3.87. The summed E-state index contributed by atoms with van der Waals surface area (Å²) in [7, 11) is 1.23. The Morgan fingerprint density at radius 1 is 2.00 bits per heavy atom. The van der Waals surface area contributed by atoms with Crippen LogP contribution in [0.1, 0.15) is 7.12 Å². The minimum absolute atomic E-state index is 0. The number of methoxy groups -OCH3 is 1. The molecule has 5 heteroatoms. The highest BCUT2D eigenvalue weighted by Gasteiger charge is 2.15. The first kappa shape index (κ1) is 8.73. The number of carbonyl (C=O) groups excluding carboxylic acids is 1. The first-order chi connectivity index (χ1) is 5.74. The van der Waals surface area contributed by atoms with Crippen LogP contribution >= 0.6 is 0 Å². The molecule has 1 heterocycles. The quantitative estimate of drug-likeness (QED) is 0.607. The molecule has 66 valence electrons. The summed E-state index contributed by atoms with van der Waals surface area (Å²) in [5.41, 5.74) is 0.702. The molecule has 1 atom stereocenters. The van der Waals surface area contributed by atoms with Gasteiger partial charge in [-0.05, 0) is 0 Å². The number of imidazole rings is 1. The Morgan fingerprint density at radius 2 is 2.75 bits per heavy atom. The molecule has 0 aliphatic heterocycles. The van der Waals surface area contributed by atoms with Crippen LogP contribution in [0.5, 0.6) is 0 Å². The van der Waals surface area contributed by atoms with Gasteiger partial charge in [0.25, 0.3) is 0 Å². The van der Waals surface area contributed by atoms with Gasteiger partial charge in [-0.2, -0.15) is 0 Å². The maximum Gasteiger partial charge on any atom is 1.00 e. The van der Waals surface area contributed by atoms with Crippen LogP contribution in [-0.2, 0) is 16.0 Å². The Labute approximate surface area is 70.9 Å². The van der Waals surface area contributed by atoms with Crippen LogP contribution < -0.4 is 0 Å². The van der Waals surface area contributed by atoms with Crippen LogP contribution in [0.4, 0.5) is 0 Å². The van der Waals surface area contributed by atoms with E-state index in [9.17, 15) is 4.79 Å². The Hall–Kier alpha value is -1.36. The summed E-state index contributed by atoms with van der Waals surface area (Å²) in [6.45, 7) is 0. The van der Waals surface area contributed by atoms with E-state index in [0.717, 1.165) is 0 Å². The third-order valence-electron chi connectivity index (χ3n) is 1.44. The van der Waals surface area contributed by atoms with Crippen molar-refractivity contribution >= 4 is 5.97 Å². The number of H-pyrrole nitrogens is 1. The lowest BCUT2D eigenvalue weighted by atomic mass is 10.2. The van der Waals surface area contributed by atoms with Gasteiger partial charge in [0.05, 0.1) is 13.4 Å². The molecule has 1 unspecified atom stereocenters. The van der Waals surface area contributed by atoms with E-state index in [4.69, 9.17) is 5.11 Å². The van der Waals surface area contributed by atoms with Gasteiger partial charge in [0.15, 0.2) is 6.10 Å². The van der Waals surface area contributed by atoms with E-state index in [0.29, 0.717) is 5.69 Å². The van der Waals surface area contributed by atoms with Crippen LogP contribution in [0.3, 0.4) is 0 Å². The Bertz CT molecular complexity index is 250. The van der Waals surface area contributed by atoms with Gasteiger partial charge in [0.2, 0.25) is 0 Å². The number of nitrogens with zero attached hydrogens (tertiary/aromatic N) is 1. The SMILES string of the molecule is COC(=O)C(O)Cc1cnc[nH]1.[H+]. The van der Waals surface area contributed by atoms with E-state index in [1.54, 1.807) is 6.20 Å². The van der Waals surface area contributed by atoms with Crippen molar-refractivity contribution < 1.29 is 16.1 Å². The predicted octanol–water partition coefficient (Wildman–Crippen LogP) is -0.401. The highest BCUT2D eigenvalue weighted by molar-refractivity contribution is 5.74. The number of aliphatic hydroxyl groups is 1. The normalized spacial score (nSPS) is 12.5. The average Bonchev–Trinajstić information content (AvgIpc) is 2.55. The standard InChI is InChI=1S/C7H10N2O3/c1-12-7(11)6(10)2-5-3-8-4-9-5/h3-4,6,10H,2H2,1H3,(H,8,9)/p+1. The Kier molecular flexibility index (Phi) is 2.82. The van der Waals surface area contributed by atoms with Crippen molar-refractivity contribution in [3.05, 3.63) is 18.2 Å². The minimum Gasteiger partial charge on any atom is -0.467 e. The summed E-state index contributed by atoms with van der Waals surface area (Å²) in [5, 5.41) is 9.17. The van der Waals surface area contributed by atoms with E-state index in [1.165, 1.54) is 13.4 Å². The second-order valence-electron chi connectivity index (χ2n) is 2.32. The van der Waals surface area contributed by atoms with Crippen LogP contribution in [0.15, 0.2) is 12.5 Å². The summed E-state index contributed by atoms with van der Waals surface area (Å²) < 4.78 is 4.34. The molecular weight excluding hydrogens is 160 g/mol. The number of aromatic nitrogens is 2. The summed E-state index contributed by atoms with van der Waals surface area (Å²) in [6.07, 6.45) is 2.12. The summed E-state index contributed by atoms with van der Waals surface area (Å²) in [4.78, 5) is 17.2. The number of ether oxygens (including phenoxy) is 1. The van der Waals surface area contributed by atoms with Crippen LogP contribution in [0.25, 0.3) is 0 Å². The maximum atomic E-state index is 10.7. The highest BCUT2D eigenvalue weighted by atomic mass is 16.5. The van der Waals surface area contributed by atoms with Crippen molar-refractivity contribution in [2.75, 3.05) is 7.11 Å². The van der Waals surface area contributed by atoms with Gasteiger partial charge in [-0.15, -0.1) is 0 Å². The molecule has 1 rings (SSSR count). The molecule has 0 spiro atoms. The molecular formula is C7H11N2O3+. The molecule has 2 N–H and O–H groups in total. The number of hydrogen-bond donors (Lipinski definition) is 2. The van der Waals surface area contributed by atoms with Crippen molar-refractivity contribution in [3.8, 4) is 0 Å². The minimum atomic E-state index is -1.12. The van der Waals surface area contributed by atoms with Crippen molar-refractivity contribution in [2.24, 2.45) is 0 Å². The molecule has 5 nitrogen and oxygen atoms in total. The molecule has 0 amide bonds. The van der Waals surface area contributed by atoms with Gasteiger partial charge >= 0.3 is 7.40 Å². The first-order valence-corrected chi connectivity index (χ1v) is 3.47. The molecule has 0 saturated heterocycles. The topological polar surface area (TPSA) is 75.2 Å². The number of rotatable bonds is 3. The number of aliphatic hydroxyl groups excluding tert-OH is 1. The second-order valence-corrected chi connectivity index (χ2v) is 2.32. The van der Waals surface area contributed by atoms with Gasteiger partial charge in [0, 0.05) is 18.3 Å². The van der Waals surface area contributed by atoms with Crippen molar-refractivity contribution in [3.63, 3.8) is 0 Å². The number of esters is 1. The summed E-state index contributed by atoms with van der Waals surface area (Å²) >= 11 is 0. The van der Waals surface area contributed by atoms with Crippen molar-refractivity contribution in [2.45, 2.75) is 12.5 Å². The number of carbonyl (C=O) groups is 1. The smallest absolute Gasteiger partial charge is 0.467 e. The Balaban J connectivity index is 0.00000144. The van der Waals surface area contributed by atoms with Crippen LogP contribution in [0, 0.1) is 0 Å². The average molecular weight is 171 g/mol. The highest BCUT2D eigenvalue weighted by Crippen LogP contribution is 1.98. The lowest BCUT2D eigenvalue weighted by molar-refractivity contribution is -0.150. The van der Waals surface area contributed by atoms with Gasteiger partial charge in [-0.25, -0.2) is 9.78 Å². The van der Waals surface area contributed by atoms with Crippen molar-refractivity contribution in [1.29, 1.82) is 0 Å². The zero-order chi connectivity index (χ0) is 8.97. The van der Waals surface area contributed by atoms with Crippen LogP contribution in [-0.4, -0.2) is 34.3 Å². The number of nitrogens with one attached hydrogen (secondary N) is 1. The first-order valence-electron chi connectivity index (χ1n) is 3.47. The van der Waals surface area contributed by atoms with E-state index in [1.807, 2.05) is 0 Å². The zero-order valence-corrected chi connectivity index (χ0v) is 6.65. The monoisotopic (exact) mass is 171 g/mol. The molecule has 1 aromatic heterocycles. The Morgan fingerprint density at radius 3 is 3.25 bits per heavy atom. The van der Waals surface area contributed by atoms with E-state index < -0.39 is 12.1 Å². The fourth-order valence-corrected chi connectivity index (χ4v) is 0.824. The van der Waals surface area contributed by atoms with E-state index in [-0.39, 0.29) is 7.85 Å². The molecule has 0 saturated carbocycles. The molecule has 0 bridgehead atoms. The predicted molar refractivity (Wildman–Crippen MR) is 41.4 cm³/mol. The van der Waals surface area contributed by atoms with Crippen LogP contribution in [0.2, 0.25) is 0 Å². The lowest BCUT2D eigenvalue weighted by Crippen LogP contribution is -2.24. The number of aromatic amines is 1. The van der Waals surface area contributed by atoms with Gasteiger partial charge in [-0.1, -0.05) is 0 Å². The molecule has 0 aliphatic carbocycles. The van der Waals surface area contributed by atoms with Crippen molar-refractivity contribution in [1.82, 2.24) is 9.97 Å². The molecule has 0 aromatic carbocycles. The third kappa shape index (κ3) is 2.06. The van der Waals surface area contributed by atoms with E-state index in [2.05, 4.69) is 14.7 Å². The number of hydrogen-bond acceptors (Lipinski definition) is 4. The molecule has 12 heavy (non-hydrogen) atoms. The fourth-order valence-electron chi connectivity index (χ4n) is 0.824. The molecule has 1 aromatic rings. The summed E-state index contributed by atoms with van der Waals surface area (Å²) in [5.74, 6) is -0.635. The lowest BCUT2D eigenvalue weighted by Gasteiger charge is -2.05. The van der Waals surface area contributed by atoms with E-state index >= 15 is 0 Å². The third-order valence-corrected chi connectivity index (χ3v) is 1.44. The van der Waals surface area contributed by atoms with Gasteiger partial charge in [-0.3, -0.25) is 0 Å². The zero-order valence-electron chi connectivity index (χ0n) is 7.65.